The van der Waals surface area contributed by atoms with Crippen molar-refractivity contribution in [1.29, 1.82) is 0 Å². The zero-order valence-corrected chi connectivity index (χ0v) is 11.6. The maximum Gasteiger partial charge on any atom is 0.349 e. The molecule has 0 amide bonds. The zero-order chi connectivity index (χ0) is 14.1. The van der Waals surface area contributed by atoms with Crippen LogP contribution in [0.2, 0.25) is 5.02 Å². The summed E-state index contributed by atoms with van der Waals surface area (Å²) in [5.41, 5.74) is 1.64. The highest BCUT2D eigenvalue weighted by Crippen LogP contribution is 2.29. The van der Waals surface area contributed by atoms with Crippen molar-refractivity contribution in [2.24, 2.45) is 0 Å². The van der Waals surface area contributed by atoms with E-state index < -0.39 is 0 Å². The highest BCUT2D eigenvalue weighted by Gasteiger charge is 2.13. The smallest absolute Gasteiger partial charge is 0.276 e. The molecule has 100 valence electrons. The second kappa shape index (κ2) is 5.06. The van der Waals surface area contributed by atoms with E-state index in [1.165, 1.54) is 0 Å². The number of aromatic nitrogens is 3. The number of benzene rings is 1. The van der Waals surface area contributed by atoms with Gasteiger partial charge >= 0.3 is 5.69 Å². The van der Waals surface area contributed by atoms with Crippen molar-refractivity contribution in [3.8, 4) is 11.3 Å². The Bertz CT molecular complexity index is 842. The molecule has 0 aliphatic carbocycles. The van der Waals surface area contributed by atoms with E-state index in [9.17, 15) is 4.79 Å². The molecule has 5 heteroatoms. The molecule has 3 aromatic rings. The van der Waals surface area contributed by atoms with Crippen molar-refractivity contribution in [3.05, 3.63) is 58.1 Å². The Morgan fingerprint density at radius 1 is 1.20 bits per heavy atom. The van der Waals surface area contributed by atoms with Crippen LogP contribution in [0, 0.1) is 0 Å². The largest absolute Gasteiger partial charge is 0.349 e. The minimum atomic E-state index is -0.311. The maximum atomic E-state index is 12.1. The molecule has 1 aromatic carbocycles. The molecule has 0 saturated carbocycles. The van der Waals surface area contributed by atoms with Crippen molar-refractivity contribution < 1.29 is 0 Å². The molecule has 0 N–H and O–H groups in total. The third kappa shape index (κ3) is 1.98. The first-order chi connectivity index (χ1) is 9.72. The molecule has 2 aromatic heterocycles. The van der Waals surface area contributed by atoms with Gasteiger partial charge in [0.05, 0.1) is 5.69 Å². The van der Waals surface area contributed by atoms with Crippen LogP contribution in [0.3, 0.4) is 0 Å². The zero-order valence-electron chi connectivity index (χ0n) is 10.9. The van der Waals surface area contributed by atoms with Crippen molar-refractivity contribution in [1.82, 2.24) is 14.5 Å². The Morgan fingerprint density at radius 2 is 2.00 bits per heavy atom. The van der Waals surface area contributed by atoms with E-state index in [2.05, 4.69) is 9.97 Å². The van der Waals surface area contributed by atoms with E-state index in [-0.39, 0.29) is 5.69 Å². The van der Waals surface area contributed by atoms with Crippen LogP contribution in [0.1, 0.15) is 6.92 Å². The lowest BCUT2D eigenvalue weighted by Crippen LogP contribution is -2.23. The summed E-state index contributed by atoms with van der Waals surface area (Å²) in [5.74, 6) is 0. The second-order valence-electron chi connectivity index (χ2n) is 4.34. The lowest BCUT2D eigenvalue weighted by atomic mass is 10.1. The summed E-state index contributed by atoms with van der Waals surface area (Å²) in [5, 5.41) is 1.39. The van der Waals surface area contributed by atoms with Crippen LogP contribution in [-0.2, 0) is 6.54 Å². The summed E-state index contributed by atoms with van der Waals surface area (Å²) in [7, 11) is 0. The molecule has 0 aliphatic heterocycles. The Hall–Kier alpha value is -2.20. The van der Waals surface area contributed by atoms with Gasteiger partial charge < -0.3 is 0 Å². The Labute approximate surface area is 120 Å². The molecular weight excluding hydrogens is 274 g/mol. The molecule has 2 heterocycles. The fourth-order valence-corrected chi connectivity index (χ4v) is 2.47. The fourth-order valence-electron chi connectivity index (χ4n) is 2.25. The third-order valence-corrected chi connectivity index (χ3v) is 3.51. The lowest BCUT2D eigenvalue weighted by Gasteiger charge is -2.10. The Kier molecular flexibility index (Phi) is 3.24. The number of hydrogen-bond donors (Lipinski definition) is 0. The normalized spacial score (nSPS) is 10.9. The number of hydrogen-bond acceptors (Lipinski definition) is 3. The van der Waals surface area contributed by atoms with Crippen LogP contribution in [0.15, 0.2) is 47.4 Å². The van der Waals surface area contributed by atoms with Gasteiger partial charge in [-0.2, -0.15) is 4.98 Å². The first kappa shape index (κ1) is 12.8. The number of pyridine rings is 1. The number of fused-ring (bicyclic) bond motifs is 1. The number of aryl methyl sites for hydroxylation is 1. The summed E-state index contributed by atoms with van der Waals surface area (Å²) in [6.07, 6.45) is 1.67. The molecular formula is C15H12ClN3O. The van der Waals surface area contributed by atoms with E-state index in [4.69, 9.17) is 11.6 Å². The van der Waals surface area contributed by atoms with Crippen LogP contribution < -0.4 is 5.69 Å². The third-order valence-electron chi connectivity index (χ3n) is 3.18. The van der Waals surface area contributed by atoms with Crippen LogP contribution >= 0.6 is 11.6 Å². The molecule has 0 aliphatic rings. The van der Waals surface area contributed by atoms with E-state index in [1.54, 1.807) is 16.8 Å². The quantitative estimate of drug-likeness (QED) is 0.727. The van der Waals surface area contributed by atoms with Gasteiger partial charge in [-0.3, -0.25) is 4.57 Å². The first-order valence-electron chi connectivity index (χ1n) is 6.33. The molecule has 3 rings (SSSR count). The highest BCUT2D eigenvalue weighted by molar-refractivity contribution is 6.33. The van der Waals surface area contributed by atoms with Crippen molar-refractivity contribution in [2.45, 2.75) is 13.5 Å². The fraction of sp³-hybridized carbons (Fsp3) is 0.133. The summed E-state index contributed by atoms with van der Waals surface area (Å²) in [6, 6.07) is 11.1. The summed E-state index contributed by atoms with van der Waals surface area (Å²) in [4.78, 5) is 20.6. The van der Waals surface area contributed by atoms with Gasteiger partial charge in [-0.1, -0.05) is 29.8 Å². The minimum Gasteiger partial charge on any atom is -0.276 e. The molecule has 0 fully saturated rings. The molecule has 0 unspecified atom stereocenters. The SMILES string of the molecule is CCn1c(=O)nc(-c2ccccc2Cl)c2cccnc21. The average molecular weight is 286 g/mol. The molecule has 20 heavy (non-hydrogen) atoms. The number of rotatable bonds is 2. The van der Waals surface area contributed by atoms with Gasteiger partial charge in [-0.25, -0.2) is 9.78 Å². The monoisotopic (exact) mass is 285 g/mol. The topological polar surface area (TPSA) is 47.8 Å². The van der Waals surface area contributed by atoms with Crippen molar-refractivity contribution >= 4 is 22.6 Å². The molecule has 4 nitrogen and oxygen atoms in total. The first-order valence-corrected chi connectivity index (χ1v) is 6.70. The molecule has 0 bridgehead atoms. The number of nitrogens with zero attached hydrogens (tertiary/aromatic N) is 3. The minimum absolute atomic E-state index is 0.311. The van der Waals surface area contributed by atoms with E-state index in [0.29, 0.717) is 22.9 Å². The van der Waals surface area contributed by atoms with Crippen molar-refractivity contribution in [3.63, 3.8) is 0 Å². The van der Waals surface area contributed by atoms with Gasteiger partial charge in [0.2, 0.25) is 0 Å². The standard InChI is InChI=1S/C15H12ClN3O/c1-2-19-14-11(7-5-9-17-14)13(18-15(19)20)10-6-3-4-8-12(10)16/h3-9H,2H2,1H3. The summed E-state index contributed by atoms with van der Waals surface area (Å²) >= 11 is 6.22. The number of halogens is 1. The highest BCUT2D eigenvalue weighted by atomic mass is 35.5. The Morgan fingerprint density at radius 3 is 2.75 bits per heavy atom. The lowest BCUT2D eigenvalue weighted by molar-refractivity contribution is 0.723. The van der Waals surface area contributed by atoms with Crippen LogP contribution in [0.4, 0.5) is 0 Å². The van der Waals surface area contributed by atoms with Crippen LogP contribution in [0.25, 0.3) is 22.3 Å². The van der Waals surface area contributed by atoms with Gasteiger partial charge in [0.15, 0.2) is 0 Å². The van der Waals surface area contributed by atoms with E-state index >= 15 is 0 Å². The second-order valence-corrected chi connectivity index (χ2v) is 4.75. The molecule has 0 spiro atoms. The van der Waals surface area contributed by atoms with Gasteiger partial charge in [0.1, 0.15) is 5.65 Å². The molecule has 0 atom stereocenters. The van der Waals surface area contributed by atoms with E-state index in [1.807, 2.05) is 37.3 Å². The molecule has 0 radical (unpaired) electrons. The maximum absolute atomic E-state index is 12.1. The summed E-state index contributed by atoms with van der Waals surface area (Å²) < 4.78 is 1.55. The predicted molar refractivity (Wildman–Crippen MR) is 79.9 cm³/mol. The van der Waals surface area contributed by atoms with Gasteiger partial charge in [-0.05, 0) is 25.1 Å². The van der Waals surface area contributed by atoms with Crippen molar-refractivity contribution in [2.75, 3.05) is 0 Å². The van der Waals surface area contributed by atoms with Crippen LogP contribution in [-0.4, -0.2) is 14.5 Å². The van der Waals surface area contributed by atoms with Gasteiger partial charge in [-0.15, -0.1) is 0 Å². The van der Waals surface area contributed by atoms with Crippen LogP contribution in [0.5, 0.6) is 0 Å². The summed E-state index contributed by atoms with van der Waals surface area (Å²) in [6.45, 7) is 2.43. The Balaban J connectivity index is 2.44. The average Bonchev–Trinajstić information content (AvgIpc) is 2.47. The van der Waals surface area contributed by atoms with E-state index in [0.717, 1.165) is 10.9 Å². The van der Waals surface area contributed by atoms with Gasteiger partial charge in [0.25, 0.3) is 0 Å². The predicted octanol–water partition coefficient (Wildman–Crippen LogP) is 3.13. The van der Waals surface area contributed by atoms with Gasteiger partial charge in [0, 0.05) is 28.7 Å². The molecule has 0 saturated heterocycles.